The smallest absolute Gasteiger partial charge is 0.230 e. The van der Waals surface area contributed by atoms with E-state index in [0.717, 1.165) is 5.56 Å². The number of carbonyl (C=O) groups is 1. The van der Waals surface area contributed by atoms with Gasteiger partial charge in [-0.25, -0.2) is 9.97 Å². The predicted molar refractivity (Wildman–Crippen MR) is 75.8 cm³/mol. The van der Waals surface area contributed by atoms with Crippen molar-refractivity contribution in [1.29, 1.82) is 0 Å². The molecule has 1 N–H and O–H groups in total. The van der Waals surface area contributed by atoms with Gasteiger partial charge in [0, 0.05) is 11.1 Å². The molecule has 1 amide bonds. The third-order valence-electron chi connectivity index (χ3n) is 2.24. The maximum Gasteiger partial charge on any atom is 0.230 e. The Morgan fingerprint density at radius 3 is 2.58 bits per heavy atom. The SMILES string of the molecule is O=C(Cc1ccccc1Cl)Nc1cc(Cl)nc(Cl)n1. The quantitative estimate of drug-likeness (QED) is 0.695. The fourth-order valence-corrected chi connectivity index (χ4v) is 2.07. The summed E-state index contributed by atoms with van der Waals surface area (Å²) in [6.07, 6.45) is 0.138. The topological polar surface area (TPSA) is 54.9 Å². The summed E-state index contributed by atoms with van der Waals surface area (Å²) in [6, 6.07) is 8.53. The summed E-state index contributed by atoms with van der Waals surface area (Å²) in [5.41, 5.74) is 0.730. The first-order chi connectivity index (χ1) is 9.04. The van der Waals surface area contributed by atoms with Crippen LogP contribution in [0.15, 0.2) is 30.3 Å². The number of anilines is 1. The van der Waals surface area contributed by atoms with Gasteiger partial charge in [0.25, 0.3) is 0 Å². The number of nitrogens with zero attached hydrogens (tertiary/aromatic N) is 2. The molecular formula is C12H8Cl3N3O. The minimum Gasteiger partial charge on any atom is -0.310 e. The summed E-state index contributed by atoms with van der Waals surface area (Å²) in [5, 5.41) is 3.25. The van der Waals surface area contributed by atoms with E-state index in [2.05, 4.69) is 15.3 Å². The van der Waals surface area contributed by atoms with E-state index in [-0.39, 0.29) is 28.6 Å². The number of aromatic nitrogens is 2. The van der Waals surface area contributed by atoms with E-state index in [0.29, 0.717) is 5.02 Å². The maximum atomic E-state index is 11.8. The van der Waals surface area contributed by atoms with Crippen LogP contribution >= 0.6 is 34.8 Å². The Morgan fingerprint density at radius 1 is 1.16 bits per heavy atom. The molecule has 1 aromatic heterocycles. The number of benzene rings is 1. The highest BCUT2D eigenvalue weighted by atomic mass is 35.5. The Kier molecular flexibility index (Phi) is 4.58. The second kappa shape index (κ2) is 6.19. The van der Waals surface area contributed by atoms with Crippen LogP contribution in [0.2, 0.25) is 15.5 Å². The Balaban J connectivity index is 2.07. The van der Waals surface area contributed by atoms with Gasteiger partial charge in [0.15, 0.2) is 0 Å². The Morgan fingerprint density at radius 2 is 1.89 bits per heavy atom. The third-order valence-corrected chi connectivity index (χ3v) is 2.98. The first-order valence-electron chi connectivity index (χ1n) is 5.28. The lowest BCUT2D eigenvalue weighted by molar-refractivity contribution is -0.115. The number of halogens is 3. The number of rotatable bonds is 3. The van der Waals surface area contributed by atoms with Gasteiger partial charge in [-0.1, -0.05) is 41.4 Å². The summed E-state index contributed by atoms with van der Waals surface area (Å²) < 4.78 is 0. The molecule has 2 aromatic rings. The van der Waals surface area contributed by atoms with Crippen LogP contribution in [-0.2, 0) is 11.2 Å². The molecule has 0 unspecified atom stereocenters. The number of carbonyl (C=O) groups excluding carboxylic acids is 1. The molecule has 0 radical (unpaired) electrons. The van der Waals surface area contributed by atoms with Gasteiger partial charge in [-0.15, -0.1) is 0 Å². The minimum absolute atomic E-state index is 0.0273. The van der Waals surface area contributed by atoms with Crippen LogP contribution < -0.4 is 5.32 Å². The van der Waals surface area contributed by atoms with E-state index in [1.165, 1.54) is 6.07 Å². The molecule has 1 heterocycles. The van der Waals surface area contributed by atoms with Gasteiger partial charge in [0.1, 0.15) is 11.0 Å². The Hall–Kier alpha value is -1.36. The molecule has 4 nitrogen and oxygen atoms in total. The van der Waals surface area contributed by atoms with E-state index in [1.807, 2.05) is 6.07 Å². The second-order valence-corrected chi connectivity index (χ2v) is 4.79. The van der Waals surface area contributed by atoms with E-state index < -0.39 is 0 Å². The molecule has 0 bridgehead atoms. The van der Waals surface area contributed by atoms with Crippen molar-refractivity contribution < 1.29 is 4.79 Å². The first-order valence-corrected chi connectivity index (χ1v) is 6.41. The minimum atomic E-state index is -0.265. The molecule has 0 aliphatic heterocycles. The van der Waals surface area contributed by atoms with Crippen LogP contribution in [0.1, 0.15) is 5.56 Å². The van der Waals surface area contributed by atoms with Crippen molar-refractivity contribution in [3.05, 3.63) is 51.4 Å². The van der Waals surface area contributed by atoms with Gasteiger partial charge >= 0.3 is 0 Å². The molecule has 19 heavy (non-hydrogen) atoms. The van der Waals surface area contributed by atoms with Crippen LogP contribution in [0.3, 0.4) is 0 Å². The molecule has 0 fully saturated rings. The molecule has 0 spiro atoms. The monoisotopic (exact) mass is 315 g/mol. The molecule has 0 aliphatic rings. The van der Waals surface area contributed by atoms with Crippen molar-refractivity contribution in [2.24, 2.45) is 0 Å². The molecule has 0 atom stereocenters. The third kappa shape index (κ3) is 4.06. The highest BCUT2D eigenvalue weighted by molar-refractivity contribution is 6.32. The summed E-state index contributed by atoms with van der Waals surface area (Å²) in [4.78, 5) is 19.4. The zero-order valence-electron chi connectivity index (χ0n) is 9.53. The first kappa shape index (κ1) is 14.1. The molecule has 2 rings (SSSR count). The lowest BCUT2D eigenvalue weighted by atomic mass is 10.1. The standard InChI is InChI=1S/C12H8Cl3N3O/c13-8-4-2-1-3-7(8)5-11(19)17-10-6-9(14)16-12(15)18-10/h1-4,6H,5H2,(H,16,17,18,19). The largest absolute Gasteiger partial charge is 0.310 e. The number of nitrogens with one attached hydrogen (secondary N) is 1. The van der Waals surface area contributed by atoms with Crippen molar-refractivity contribution in [3.63, 3.8) is 0 Å². The highest BCUT2D eigenvalue weighted by Gasteiger charge is 2.09. The number of amides is 1. The lowest BCUT2D eigenvalue weighted by Gasteiger charge is -2.06. The molecule has 0 saturated heterocycles. The van der Waals surface area contributed by atoms with E-state index in [1.54, 1.807) is 18.2 Å². The maximum absolute atomic E-state index is 11.8. The van der Waals surface area contributed by atoms with Crippen LogP contribution in [0.4, 0.5) is 5.82 Å². The molecule has 98 valence electrons. The predicted octanol–water partition coefficient (Wildman–Crippen LogP) is 3.62. The normalized spacial score (nSPS) is 10.3. The summed E-state index contributed by atoms with van der Waals surface area (Å²) in [7, 11) is 0. The van der Waals surface area contributed by atoms with E-state index in [4.69, 9.17) is 34.8 Å². The fourth-order valence-electron chi connectivity index (χ4n) is 1.46. The van der Waals surface area contributed by atoms with Crippen LogP contribution in [0, 0.1) is 0 Å². The van der Waals surface area contributed by atoms with Crippen LogP contribution in [-0.4, -0.2) is 15.9 Å². The van der Waals surface area contributed by atoms with Crippen molar-refractivity contribution in [3.8, 4) is 0 Å². The summed E-state index contributed by atoms with van der Waals surface area (Å²) >= 11 is 17.3. The Labute approximate surface area is 124 Å². The average molecular weight is 317 g/mol. The molecule has 0 aliphatic carbocycles. The van der Waals surface area contributed by atoms with Gasteiger partial charge in [-0.3, -0.25) is 4.79 Å². The zero-order chi connectivity index (χ0) is 13.8. The molecule has 0 saturated carbocycles. The van der Waals surface area contributed by atoms with Crippen molar-refractivity contribution >= 4 is 46.5 Å². The lowest BCUT2D eigenvalue weighted by Crippen LogP contribution is -2.15. The van der Waals surface area contributed by atoms with Gasteiger partial charge in [-0.05, 0) is 23.2 Å². The Bertz CT molecular complexity index is 599. The summed E-state index contributed by atoms with van der Waals surface area (Å²) in [5.74, 6) is -0.0130. The fraction of sp³-hybridized carbons (Fsp3) is 0.0833. The van der Waals surface area contributed by atoms with Crippen molar-refractivity contribution in [2.45, 2.75) is 6.42 Å². The van der Waals surface area contributed by atoms with E-state index in [9.17, 15) is 4.79 Å². The zero-order valence-corrected chi connectivity index (χ0v) is 11.8. The second-order valence-electron chi connectivity index (χ2n) is 3.66. The average Bonchev–Trinajstić information content (AvgIpc) is 2.30. The molecule has 7 heteroatoms. The highest BCUT2D eigenvalue weighted by Crippen LogP contribution is 2.17. The van der Waals surface area contributed by atoms with Gasteiger partial charge in [0.2, 0.25) is 11.2 Å². The van der Waals surface area contributed by atoms with Crippen LogP contribution in [0.25, 0.3) is 0 Å². The van der Waals surface area contributed by atoms with Crippen molar-refractivity contribution in [1.82, 2.24) is 9.97 Å². The van der Waals surface area contributed by atoms with Crippen molar-refractivity contribution in [2.75, 3.05) is 5.32 Å². The number of hydrogen-bond acceptors (Lipinski definition) is 3. The van der Waals surface area contributed by atoms with Gasteiger partial charge in [-0.2, -0.15) is 0 Å². The van der Waals surface area contributed by atoms with Crippen LogP contribution in [0.5, 0.6) is 0 Å². The van der Waals surface area contributed by atoms with Gasteiger partial charge in [0.05, 0.1) is 6.42 Å². The summed E-state index contributed by atoms with van der Waals surface area (Å²) in [6.45, 7) is 0. The van der Waals surface area contributed by atoms with Gasteiger partial charge < -0.3 is 5.32 Å². The molecule has 1 aromatic carbocycles. The molecular weight excluding hydrogens is 309 g/mol. The number of hydrogen-bond donors (Lipinski definition) is 1. The van der Waals surface area contributed by atoms with E-state index >= 15 is 0 Å².